The van der Waals surface area contributed by atoms with E-state index in [1.54, 1.807) is 25.1 Å². The molecule has 1 aromatic heterocycles. The van der Waals surface area contributed by atoms with Crippen LogP contribution in [0, 0.1) is 24.5 Å². The fraction of sp³-hybridized carbons (Fsp3) is 0.500. The number of ether oxygens (including phenoxy) is 1. The molecule has 0 bridgehead atoms. The van der Waals surface area contributed by atoms with Crippen LogP contribution in [-0.2, 0) is 20.7 Å². The Balaban J connectivity index is 1.24. The Morgan fingerprint density at radius 1 is 1.10 bits per heavy atom. The first kappa shape index (κ1) is 27.2. The van der Waals surface area contributed by atoms with Crippen molar-refractivity contribution in [3.8, 4) is 0 Å². The van der Waals surface area contributed by atoms with Crippen molar-refractivity contribution in [1.82, 2.24) is 9.88 Å². The van der Waals surface area contributed by atoms with Gasteiger partial charge in [0.25, 0.3) is 6.01 Å². The number of hydrogen-bond acceptors (Lipinski definition) is 6. The predicted molar refractivity (Wildman–Crippen MR) is 144 cm³/mol. The molecule has 1 saturated heterocycles. The lowest BCUT2D eigenvalue weighted by Gasteiger charge is -2.32. The SMILES string of the molecule is CC(=O)C1CCC(OC[C@@H]2CC[C@H](C)N2C(=O)Cc2ccc3nc(Nc4cc(F)ccc4C)oc3c2F)CC1. The lowest BCUT2D eigenvalue weighted by Crippen LogP contribution is -2.43. The van der Waals surface area contributed by atoms with E-state index in [0.717, 1.165) is 44.1 Å². The lowest BCUT2D eigenvalue weighted by molar-refractivity contribution is -0.135. The molecule has 208 valence electrons. The first-order valence-electron chi connectivity index (χ1n) is 13.7. The zero-order chi connectivity index (χ0) is 27.7. The van der Waals surface area contributed by atoms with Crippen molar-refractivity contribution in [2.24, 2.45) is 5.92 Å². The van der Waals surface area contributed by atoms with E-state index in [0.29, 0.717) is 17.8 Å². The molecule has 0 spiro atoms. The minimum absolute atomic E-state index is 0.0435. The van der Waals surface area contributed by atoms with E-state index in [-0.39, 0.29) is 59.4 Å². The van der Waals surface area contributed by atoms with E-state index in [1.807, 2.05) is 18.7 Å². The Morgan fingerprint density at radius 3 is 2.62 bits per heavy atom. The molecule has 2 aliphatic rings. The number of anilines is 2. The van der Waals surface area contributed by atoms with E-state index in [2.05, 4.69) is 10.3 Å². The number of nitrogens with zero attached hydrogens (tertiary/aromatic N) is 2. The summed E-state index contributed by atoms with van der Waals surface area (Å²) < 4.78 is 40.9. The molecule has 3 aromatic rings. The number of aryl methyl sites for hydroxylation is 1. The summed E-state index contributed by atoms with van der Waals surface area (Å²) in [5.41, 5.74) is 1.75. The van der Waals surface area contributed by atoms with Gasteiger partial charge in [0.2, 0.25) is 5.91 Å². The van der Waals surface area contributed by atoms with E-state index in [9.17, 15) is 14.0 Å². The highest BCUT2D eigenvalue weighted by Gasteiger charge is 2.36. The Hall–Kier alpha value is -3.33. The Labute approximate surface area is 226 Å². The molecule has 9 heteroatoms. The van der Waals surface area contributed by atoms with Crippen molar-refractivity contribution in [1.29, 1.82) is 0 Å². The van der Waals surface area contributed by atoms with Gasteiger partial charge in [-0.2, -0.15) is 4.98 Å². The van der Waals surface area contributed by atoms with Gasteiger partial charge in [0.15, 0.2) is 11.4 Å². The van der Waals surface area contributed by atoms with Crippen molar-refractivity contribution in [3.05, 3.63) is 53.1 Å². The van der Waals surface area contributed by atoms with E-state index in [1.165, 1.54) is 12.1 Å². The van der Waals surface area contributed by atoms with Crippen molar-refractivity contribution in [2.75, 3.05) is 11.9 Å². The van der Waals surface area contributed by atoms with Crippen LogP contribution in [0.4, 0.5) is 20.5 Å². The van der Waals surface area contributed by atoms with Crippen molar-refractivity contribution in [2.45, 2.75) is 83.9 Å². The van der Waals surface area contributed by atoms with Crippen LogP contribution in [0.25, 0.3) is 11.1 Å². The van der Waals surface area contributed by atoms with Gasteiger partial charge in [-0.25, -0.2) is 8.78 Å². The number of carbonyl (C=O) groups is 2. The summed E-state index contributed by atoms with van der Waals surface area (Å²) in [6.45, 7) is 5.93. The molecule has 1 amide bonds. The number of rotatable bonds is 8. The molecule has 1 saturated carbocycles. The summed E-state index contributed by atoms with van der Waals surface area (Å²) >= 11 is 0. The number of benzene rings is 2. The van der Waals surface area contributed by atoms with Gasteiger partial charge in [-0.1, -0.05) is 12.1 Å². The number of fused-ring (bicyclic) bond motifs is 1. The highest BCUT2D eigenvalue weighted by atomic mass is 19.1. The number of halogens is 2. The standard InChI is InChI=1S/C30H35F2N3O4/c1-17-4-9-22(31)15-26(17)34-30-33-25-13-8-21(28(32)29(25)39-30)14-27(37)35-18(2)5-10-23(35)16-38-24-11-6-20(7-12-24)19(3)36/h4,8-9,13,15,18,20,23-24H,5-7,10-12,14,16H2,1-3H3,(H,33,34)/t18-,20?,23-,24?/m0/s1. The van der Waals surface area contributed by atoms with Gasteiger partial charge < -0.3 is 19.4 Å². The third kappa shape index (κ3) is 5.98. The number of nitrogens with one attached hydrogen (secondary N) is 1. The van der Waals surface area contributed by atoms with Crippen LogP contribution in [0.5, 0.6) is 0 Å². The van der Waals surface area contributed by atoms with Crippen LogP contribution in [0.15, 0.2) is 34.7 Å². The summed E-state index contributed by atoms with van der Waals surface area (Å²) in [6.07, 6.45) is 5.15. The van der Waals surface area contributed by atoms with Crippen molar-refractivity contribution < 1.29 is 27.5 Å². The second-order valence-electron chi connectivity index (χ2n) is 11.0. The summed E-state index contributed by atoms with van der Waals surface area (Å²) in [5.74, 6) is -0.797. The Morgan fingerprint density at radius 2 is 1.87 bits per heavy atom. The van der Waals surface area contributed by atoms with Gasteiger partial charge in [0.1, 0.15) is 17.1 Å². The maximum absolute atomic E-state index is 15.4. The molecule has 5 rings (SSSR count). The van der Waals surface area contributed by atoms with Crippen LogP contribution in [0.3, 0.4) is 0 Å². The fourth-order valence-corrected chi connectivity index (χ4v) is 5.86. The van der Waals surface area contributed by atoms with Gasteiger partial charge >= 0.3 is 0 Å². The number of oxazole rings is 1. The number of likely N-dealkylation sites (tertiary alicyclic amines) is 1. The minimum Gasteiger partial charge on any atom is -0.420 e. The van der Waals surface area contributed by atoms with Gasteiger partial charge in [-0.05, 0) is 83.1 Å². The molecule has 2 atom stereocenters. The first-order chi connectivity index (χ1) is 18.7. The molecule has 1 aliphatic carbocycles. The molecule has 2 heterocycles. The number of aromatic nitrogens is 1. The van der Waals surface area contributed by atoms with E-state index >= 15 is 4.39 Å². The van der Waals surface area contributed by atoms with Crippen molar-refractivity contribution in [3.63, 3.8) is 0 Å². The van der Waals surface area contributed by atoms with E-state index < -0.39 is 11.6 Å². The molecule has 39 heavy (non-hydrogen) atoms. The van der Waals surface area contributed by atoms with Crippen LogP contribution in [0.2, 0.25) is 0 Å². The molecule has 0 radical (unpaired) electrons. The maximum atomic E-state index is 15.4. The smallest absolute Gasteiger partial charge is 0.300 e. The maximum Gasteiger partial charge on any atom is 0.300 e. The van der Waals surface area contributed by atoms with Crippen LogP contribution in [-0.4, -0.2) is 46.4 Å². The van der Waals surface area contributed by atoms with Gasteiger partial charge in [-0.3, -0.25) is 9.59 Å². The van der Waals surface area contributed by atoms with Gasteiger partial charge in [0.05, 0.1) is 25.2 Å². The summed E-state index contributed by atoms with van der Waals surface area (Å²) in [6, 6.07) is 7.52. The predicted octanol–water partition coefficient (Wildman–Crippen LogP) is 6.24. The zero-order valence-electron chi connectivity index (χ0n) is 22.6. The summed E-state index contributed by atoms with van der Waals surface area (Å²) in [4.78, 5) is 31.1. The quantitative estimate of drug-likeness (QED) is 0.365. The second kappa shape index (κ2) is 11.4. The van der Waals surface area contributed by atoms with Gasteiger partial charge in [-0.15, -0.1) is 0 Å². The molecule has 0 unspecified atom stereocenters. The summed E-state index contributed by atoms with van der Waals surface area (Å²) in [5, 5.41) is 2.90. The van der Waals surface area contributed by atoms with Crippen molar-refractivity contribution >= 4 is 34.5 Å². The van der Waals surface area contributed by atoms with Crippen LogP contribution in [0.1, 0.15) is 63.5 Å². The highest BCUT2D eigenvalue weighted by Crippen LogP contribution is 2.31. The highest BCUT2D eigenvalue weighted by molar-refractivity contribution is 5.83. The minimum atomic E-state index is -0.626. The Bertz CT molecular complexity index is 1370. The van der Waals surface area contributed by atoms with Gasteiger partial charge in [0, 0.05) is 23.2 Å². The second-order valence-corrected chi connectivity index (χ2v) is 11.0. The first-order valence-corrected chi connectivity index (χ1v) is 13.7. The largest absolute Gasteiger partial charge is 0.420 e. The lowest BCUT2D eigenvalue weighted by atomic mass is 9.85. The zero-order valence-corrected chi connectivity index (χ0v) is 22.6. The normalized spacial score (nSPS) is 23.4. The number of hydrogen-bond donors (Lipinski definition) is 1. The third-order valence-corrected chi connectivity index (χ3v) is 8.21. The number of Topliss-reactive ketones (excluding diaryl/α,β-unsaturated/α-hetero) is 1. The fourth-order valence-electron chi connectivity index (χ4n) is 5.86. The van der Waals surface area contributed by atoms with Crippen LogP contribution >= 0.6 is 0 Å². The van der Waals surface area contributed by atoms with E-state index in [4.69, 9.17) is 9.15 Å². The third-order valence-electron chi connectivity index (χ3n) is 8.21. The molecule has 2 fully saturated rings. The Kier molecular flexibility index (Phi) is 7.98. The monoisotopic (exact) mass is 539 g/mol. The molecular formula is C30H35F2N3O4. The summed E-state index contributed by atoms with van der Waals surface area (Å²) in [7, 11) is 0. The number of amides is 1. The molecule has 1 aliphatic heterocycles. The number of ketones is 1. The molecular weight excluding hydrogens is 504 g/mol. The average Bonchev–Trinajstić information content (AvgIpc) is 3.50. The van der Waals surface area contributed by atoms with Crippen LogP contribution < -0.4 is 5.32 Å². The number of carbonyl (C=O) groups excluding carboxylic acids is 2. The molecule has 1 N–H and O–H groups in total. The average molecular weight is 540 g/mol. The molecule has 7 nitrogen and oxygen atoms in total. The topological polar surface area (TPSA) is 84.7 Å². The molecule has 2 aromatic carbocycles.